The molecule has 7 nitrogen and oxygen atoms in total. The molecule has 1 aromatic carbocycles. The number of fused-ring (bicyclic) bond motifs is 1. The Bertz CT molecular complexity index is 753. The summed E-state index contributed by atoms with van der Waals surface area (Å²) in [4.78, 5) is 23.4. The van der Waals surface area contributed by atoms with E-state index in [1.54, 1.807) is 17.1 Å². The highest BCUT2D eigenvalue weighted by Gasteiger charge is 2.19. The second-order valence-electron chi connectivity index (χ2n) is 5.55. The maximum Gasteiger partial charge on any atom is 0.319 e. The molecule has 120 valence electrons. The van der Waals surface area contributed by atoms with Gasteiger partial charge in [0.05, 0.1) is 24.3 Å². The Balaban J connectivity index is 1.62. The molecule has 1 aliphatic rings. The molecule has 1 aliphatic heterocycles. The molecule has 0 fully saturated rings. The minimum Gasteiger partial charge on any atom is -0.331 e. The summed E-state index contributed by atoms with van der Waals surface area (Å²) in [6, 6.07) is 5.27. The molecule has 1 atom stereocenters. The first-order valence-electron chi connectivity index (χ1n) is 7.58. The minimum atomic E-state index is -0.289. The monoisotopic (exact) mass is 313 g/mol. The number of rotatable bonds is 4. The summed E-state index contributed by atoms with van der Waals surface area (Å²) < 4.78 is 1.74. The number of nitrogens with zero attached hydrogens (tertiary/aromatic N) is 2. The zero-order valence-corrected chi connectivity index (χ0v) is 13.1. The van der Waals surface area contributed by atoms with Gasteiger partial charge in [0.1, 0.15) is 0 Å². The third-order valence-electron chi connectivity index (χ3n) is 3.82. The number of hydrogen-bond donors (Lipinski definition) is 3. The fraction of sp³-hybridized carbons (Fsp3) is 0.312. The zero-order valence-electron chi connectivity index (χ0n) is 13.1. The van der Waals surface area contributed by atoms with E-state index in [2.05, 4.69) is 21.0 Å². The van der Waals surface area contributed by atoms with Crippen LogP contribution in [0.5, 0.6) is 0 Å². The van der Waals surface area contributed by atoms with Gasteiger partial charge in [-0.1, -0.05) is 12.1 Å². The third kappa shape index (κ3) is 3.33. The lowest BCUT2D eigenvalue weighted by atomic mass is 10.0. The number of carbonyl (C=O) groups is 2. The van der Waals surface area contributed by atoms with Crippen molar-refractivity contribution >= 4 is 23.3 Å². The molecule has 0 saturated heterocycles. The number of nitrogens with one attached hydrogen (secondary N) is 3. The van der Waals surface area contributed by atoms with Crippen molar-refractivity contribution in [1.82, 2.24) is 15.1 Å². The lowest BCUT2D eigenvalue weighted by Crippen LogP contribution is -2.31. The van der Waals surface area contributed by atoms with Gasteiger partial charge in [-0.15, -0.1) is 0 Å². The largest absolute Gasteiger partial charge is 0.331 e. The van der Waals surface area contributed by atoms with E-state index in [-0.39, 0.29) is 18.0 Å². The topological polar surface area (TPSA) is 88.0 Å². The minimum absolute atomic E-state index is 0.00319. The second-order valence-corrected chi connectivity index (χ2v) is 5.55. The van der Waals surface area contributed by atoms with Crippen molar-refractivity contribution in [2.45, 2.75) is 32.9 Å². The molecule has 0 radical (unpaired) electrons. The Morgan fingerprint density at radius 1 is 1.48 bits per heavy atom. The van der Waals surface area contributed by atoms with E-state index in [1.807, 2.05) is 32.0 Å². The van der Waals surface area contributed by atoms with Gasteiger partial charge in [-0.3, -0.25) is 9.48 Å². The van der Waals surface area contributed by atoms with Gasteiger partial charge in [0, 0.05) is 18.4 Å². The van der Waals surface area contributed by atoms with Crippen molar-refractivity contribution in [2.24, 2.45) is 0 Å². The van der Waals surface area contributed by atoms with E-state index in [0.29, 0.717) is 12.1 Å². The van der Waals surface area contributed by atoms with Crippen LogP contribution in [0.4, 0.5) is 16.2 Å². The molecule has 0 bridgehead atoms. The lowest BCUT2D eigenvalue weighted by molar-refractivity contribution is -0.115. The number of hydrogen-bond acceptors (Lipinski definition) is 3. The van der Waals surface area contributed by atoms with Crippen LogP contribution in [0.15, 0.2) is 30.6 Å². The van der Waals surface area contributed by atoms with Gasteiger partial charge in [0.15, 0.2) is 0 Å². The Morgan fingerprint density at radius 3 is 3.04 bits per heavy atom. The van der Waals surface area contributed by atoms with Gasteiger partial charge in [0.2, 0.25) is 5.91 Å². The summed E-state index contributed by atoms with van der Waals surface area (Å²) in [6.07, 6.45) is 3.77. The maximum absolute atomic E-state index is 12.1. The van der Waals surface area contributed by atoms with Crippen molar-refractivity contribution < 1.29 is 9.59 Å². The molecule has 2 aromatic rings. The summed E-state index contributed by atoms with van der Waals surface area (Å²) in [5.41, 5.74) is 3.42. The maximum atomic E-state index is 12.1. The molecule has 7 heteroatoms. The van der Waals surface area contributed by atoms with Crippen LogP contribution >= 0.6 is 0 Å². The van der Waals surface area contributed by atoms with Crippen LogP contribution in [0.2, 0.25) is 0 Å². The molecule has 3 N–H and O–H groups in total. The number of urea groups is 1. The first-order chi connectivity index (χ1) is 11.0. The first kappa shape index (κ1) is 15.1. The lowest BCUT2D eigenvalue weighted by Gasteiger charge is -2.15. The SMILES string of the molecule is CCn1cc(NC(=O)N[C@@H](C)c2ccc3c(c2)CC(=O)N3)cn1. The van der Waals surface area contributed by atoms with Crippen LogP contribution in [0.1, 0.15) is 31.0 Å². The highest BCUT2D eigenvalue weighted by atomic mass is 16.2. The van der Waals surface area contributed by atoms with Gasteiger partial charge in [0.25, 0.3) is 0 Å². The Labute approximate surface area is 134 Å². The summed E-state index contributed by atoms with van der Waals surface area (Å²) in [5, 5.41) is 12.5. The summed E-state index contributed by atoms with van der Waals surface area (Å²) in [7, 11) is 0. The fourth-order valence-electron chi connectivity index (χ4n) is 2.57. The van der Waals surface area contributed by atoms with Gasteiger partial charge in [-0.2, -0.15) is 5.10 Å². The molecule has 3 amide bonds. The van der Waals surface area contributed by atoms with Crippen molar-refractivity contribution in [1.29, 1.82) is 0 Å². The number of anilines is 2. The molecule has 2 heterocycles. The number of amides is 3. The Kier molecular flexibility index (Phi) is 4.01. The predicted octanol–water partition coefficient (Wildman–Crippen LogP) is 2.28. The van der Waals surface area contributed by atoms with Crippen LogP contribution in [0.25, 0.3) is 0 Å². The van der Waals surface area contributed by atoms with Crippen LogP contribution < -0.4 is 16.0 Å². The molecular formula is C16H19N5O2. The number of carbonyl (C=O) groups excluding carboxylic acids is 2. The average Bonchev–Trinajstić information content (AvgIpc) is 3.11. The van der Waals surface area contributed by atoms with Crippen LogP contribution in [0.3, 0.4) is 0 Å². The van der Waals surface area contributed by atoms with Gasteiger partial charge in [-0.25, -0.2) is 4.79 Å². The van der Waals surface area contributed by atoms with E-state index in [4.69, 9.17) is 0 Å². The van der Waals surface area contributed by atoms with Crippen LogP contribution in [-0.2, 0) is 17.8 Å². The second kappa shape index (κ2) is 6.12. The molecule has 0 aliphatic carbocycles. The van der Waals surface area contributed by atoms with E-state index >= 15 is 0 Å². The summed E-state index contributed by atoms with van der Waals surface area (Å²) >= 11 is 0. The van der Waals surface area contributed by atoms with Crippen molar-refractivity contribution in [3.63, 3.8) is 0 Å². The Morgan fingerprint density at radius 2 is 2.30 bits per heavy atom. The summed E-state index contributed by atoms with van der Waals surface area (Å²) in [5.74, 6) is 0.00319. The van der Waals surface area contributed by atoms with Gasteiger partial charge in [-0.05, 0) is 31.0 Å². The molecule has 1 aromatic heterocycles. The molecular weight excluding hydrogens is 294 g/mol. The standard InChI is InChI=1S/C16H19N5O2/c1-3-21-9-13(8-17-21)19-16(23)18-10(2)11-4-5-14-12(6-11)7-15(22)20-14/h4-6,8-10H,3,7H2,1-2H3,(H,20,22)(H2,18,19,23)/t10-/m0/s1. The molecule has 0 saturated carbocycles. The normalized spacial score (nSPS) is 14.1. The van der Waals surface area contributed by atoms with Gasteiger partial charge < -0.3 is 16.0 Å². The van der Waals surface area contributed by atoms with E-state index in [9.17, 15) is 9.59 Å². The third-order valence-corrected chi connectivity index (χ3v) is 3.82. The molecule has 0 unspecified atom stereocenters. The van der Waals surface area contributed by atoms with E-state index < -0.39 is 0 Å². The van der Waals surface area contributed by atoms with Gasteiger partial charge >= 0.3 is 6.03 Å². The van der Waals surface area contributed by atoms with Crippen molar-refractivity contribution in [2.75, 3.05) is 10.6 Å². The smallest absolute Gasteiger partial charge is 0.319 e. The van der Waals surface area contributed by atoms with Crippen LogP contribution in [-0.4, -0.2) is 21.7 Å². The van der Waals surface area contributed by atoms with Crippen LogP contribution in [0, 0.1) is 0 Å². The van der Waals surface area contributed by atoms with Crippen molar-refractivity contribution in [3.8, 4) is 0 Å². The predicted molar refractivity (Wildman–Crippen MR) is 87.2 cm³/mol. The highest BCUT2D eigenvalue weighted by Crippen LogP contribution is 2.26. The number of aromatic nitrogens is 2. The quantitative estimate of drug-likeness (QED) is 0.809. The molecule has 0 spiro atoms. The number of aryl methyl sites for hydroxylation is 1. The average molecular weight is 313 g/mol. The number of benzene rings is 1. The first-order valence-corrected chi connectivity index (χ1v) is 7.58. The van der Waals surface area contributed by atoms with Crippen molar-refractivity contribution in [3.05, 3.63) is 41.7 Å². The Hall–Kier alpha value is -2.83. The molecule has 3 rings (SSSR count). The highest BCUT2D eigenvalue weighted by molar-refractivity contribution is 5.99. The summed E-state index contributed by atoms with van der Waals surface area (Å²) in [6.45, 7) is 4.63. The zero-order chi connectivity index (χ0) is 16.4. The molecule has 23 heavy (non-hydrogen) atoms. The van der Waals surface area contributed by atoms with E-state index in [0.717, 1.165) is 23.4 Å². The van der Waals surface area contributed by atoms with E-state index in [1.165, 1.54) is 0 Å². The fourth-order valence-corrected chi connectivity index (χ4v) is 2.57.